The highest BCUT2D eigenvalue weighted by atomic mass is 19.4. The fourth-order valence-electron chi connectivity index (χ4n) is 4.22. The number of nitrogens with one attached hydrogen (secondary N) is 1. The summed E-state index contributed by atoms with van der Waals surface area (Å²) in [6.07, 6.45) is -5.57. The molecule has 1 unspecified atom stereocenters. The highest BCUT2D eigenvalue weighted by molar-refractivity contribution is 6.04. The molecular weight excluding hydrogens is 491 g/mol. The molecule has 1 amide bonds. The lowest BCUT2D eigenvalue weighted by Gasteiger charge is -2.41. The average Bonchev–Trinajstić information content (AvgIpc) is 2.82. The van der Waals surface area contributed by atoms with Crippen LogP contribution in [0.1, 0.15) is 49.1 Å². The zero-order valence-corrected chi connectivity index (χ0v) is 20.3. The fraction of sp³-hybridized carbons (Fsp3) is 0.346. The highest BCUT2D eigenvalue weighted by Gasteiger charge is 2.43. The Morgan fingerprint density at radius 1 is 1.19 bits per heavy atom. The molecule has 2 aliphatic heterocycles. The molecule has 0 spiro atoms. The predicted octanol–water partition coefficient (Wildman–Crippen LogP) is 4.26. The van der Waals surface area contributed by atoms with Crippen LogP contribution in [0.5, 0.6) is 5.75 Å². The van der Waals surface area contributed by atoms with E-state index in [1.165, 1.54) is 17.0 Å². The lowest BCUT2D eigenvalue weighted by atomic mass is 9.94. The van der Waals surface area contributed by atoms with Crippen LogP contribution in [0, 0.1) is 11.3 Å². The number of hydrogen-bond donors (Lipinski definition) is 2. The van der Waals surface area contributed by atoms with Crippen molar-refractivity contribution in [3.63, 3.8) is 0 Å². The van der Waals surface area contributed by atoms with Gasteiger partial charge in [0.2, 0.25) is 0 Å². The number of esters is 1. The van der Waals surface area contributed by atoms with Gasteiger partial charge in [-0.05, 0) is 50.6 Å². The van der Waals surface area contributed by atoms with E-state index in [0.717, 1.165) is 12.1 Å². The van der Waals surface area contributed by atoms with Gasteiger partial charge >= 0.3 is 12.1 Å². The summed E-state index contributed by atoms with van der Waals surface area (Å²) in [6, 6.07) is 10.1. The molecule has 2 N–H and O–H groups in total. The Morgan fingerprint density at radius 3 is 2.46 bits per heavy atom. The number of amides is 1. The molecule has 0 saturated heterocycles. The first-order valence-electron chi connectivity index (χ1n) is 11.4. The SMILES string of the molecule is CC(C)(C)OC(=O)CNC(=O)C1=C(O)c2ccc(C(F)(F)F)c3c2N(C1)CC(c1ccc(C#N)cc1)O3. The van der Waals surface area contributed by atoms with Crippen molar-refractivity contribution in [1.82, 2.24) is 5.32 Å². The minimum absolute atomic E-state index is 0.00921. The number of nitrogens with zero attached hydrogens (tertiary/aromatic N) is 2. The van der Waals surface area contributed by atoms with Gasteiger partial charge in [0.05, 0.1) is 41.5 Å². The number of nitriles is 1. The van der Waals surface area contributed by atoms with E-state index in [9.17, 15) is 27.9 Å². The number of alkyl halides is 3. The van der Waals surface area contributed by atoms with Crippen LogP contribution in [-0.4, -0.2) is 42.2 Å². The Bertz CT molecular complexity index is 1320. The summed E-state index contributed by atoms with van der Waals surface area (Å²) < 4.78 is 52.6. The quantitative estimate of drug-likeness (QED) is 0.586. The third-order valence-corrected chi connectivity index (χ3v) is 5.79. The molecular formula is C26H24F3N3O5. The molecule has 0 bridgehead atoms. The Morgan fingerprint density at radius 2 is 1.86 bits per heavy atom. The van der Waals surface area contributed by atoms with Crippen LogP contribution < -0.4 is 15.0 Å². The molecule has 2 aromatic carbocycles. The number of anilines is 1. The normalized spacial score (nSPS) is 16.9. The van der Waals surface area contributed by atoms with E-state index in [0.29, 0.717) is 11.1 Å². The van der Waals surface area contributed by atoms with Gasteiger partial charge in [0.25, 0.3) is 5.91 Å². The third-order valence-electron chi connectivity index (χ3n) is 5.79. The first-order chi connectivity index (χ1) is 17.3. The van der Waals surface area contributed by atoms with Crippen LogP contribution in [0.2, 0.25) is 0 Å². The number of hydrogen-bond acceptors (Lipinski definition) is 7. The van der Waals surface area contributed by atoms with Gasteiger partial charge in [-0.1, -0.05) is 12.1 Å². The topological polar surface area (TPSA) is 112 Å². The zero-order chi connectivity index (χ0) is 27.1. The van der Waals surface area contributed by atoms with Crippen LogP contribution in [0.25, 0.3) is 5.76 Å². The monoisotopic (exact) mass is 515 g/mol. The summed E-state index contributed by atoms with van der Waals surface area (Å²) >= 11 is 0. The minimum Gasteiger partial charge on any atom is -0.507 e. The second-order valence-corrected chi connectivity index (χ2v) is 9.65. The second kappa shape index (κ2) is 9.35. The van der Waals surface area contributed by atoms with Gasteiger partial charge in [0.15, 0.2) is 5.75 Å². The molecule has 0 aliphatic carbocycles. The lowest BCUT2D eigenvalue weighted by molar-refractivity contribution is -0.154. The maximum Gasteiger partial charge on any atom is 0.420 e. The molecule has 1 atom stereocenters. The Kier molecular flexibility index (Phi) is 6.54. The summed E-state index contributed by atoms with van der Waals surface area (Å²) in [5, 5.41) is 22.3. The molecule has 2 heterocycles. The summed E-state index contributed by atoms with van der Waals surface area (Å²) in [5.74, 6) is -2.38. The number of halogens is 3. The number of rotatable bonds is 4. The minimum atomic E-state index is -4.73. The van der Waals surface area contributed by atoms with Gasteiger partial charge in [-0.25, -0.2) is 0 Å². The van der Waals surface area contributed by atoms with E-state index >= 15 is 0 Å². The summed E-state index contributed by atoms with van der Waals surface area (Å²) in [6.45, 7) is 4.43. The van der Waals surface area contributed by atoms with Gasteiger partial charge in [-0.15, -0.1) is 0 Å². The van der Waals surface area contributed by atoms with E-state index < -0.39 is 53.4 Å². The molecule has 0 saturated carbocycles. The number of aliphatic hydroxyl groups excluding tert-OH is 1. The van der Waals surface area contributed by atoms with Crippen molar-refractivity contribution in [1.29, 1.82) is 5.26 Å². The molecule has 0 aromatic heterocycles. The molecule has 194 valence electrons. The van der Waals surface area contributed by atoms with Gasteiger partial charge in [-0.3, -0.25) is 9.59 Å². The average molecular weight is 515 g/mol. The van der Waals surface area contributed by atoms with Crippen LogP contribution in [0.15, 0.2) is 42.0 Å². The van der Waals surface area contributed by atoms with Crippen molar-refractivity contribution in [2.45, 2.75) is 38.7 Å². The second-order valence-electron chi connectivity index (χ2n) is 9.65. The lowest BCUT2D eigenvalue weighted by Crippen LogP contribution is -2.43. The summed E-state index contributed by atoms with van der Waals surface area (Å²) in [4.78, 5) is 26.4. The van der Waals surface area contributed by atoms with Crippen molar-refractivity contribution in [3.05, 3.63) is 64.2 Å². The number of carbonyl (C=O) groups is 2. The predicted molar refractivity (Wildman–Crippen MR) is 127 cm³/mol. The van der Waals surface area contributed by atoms with Crippen molar-refractivity contribution in [2.24, 2.45) is 0 Å². The van der Waals surface area contributed by atoms with E-state index in [2.05, 4.69) is 5.32 Å². The van der Waals surface area contributed by atoms with E-state index in [1.54, 1.807) is 32.9 Å². The maximum atomic E-state index is 13.9. The smallest absolute Gasteiger partial charge is 0.420 e. The largest absolute Gasteiger partial charge is 0.507 e. The van der Waals surface area contributed by atoms with Crippen molar-refractivity contribution >= 4 is 23.3 Å². The van der Waals surface area contributed by atoms with Crippen molar-refractivity contribution in [2.75, 3.05) is 24.5 Å². The first kappa shape index (κ1) is 25.9. The zero-order valence-electron chi connectivity index (χ0n) is 20.3. The van der Waals surface area contributed by atoms with E-state index in [4.69, 9.17) is 14.7 Å². The Balaban J connectivity index is 1.69. The van der Waals surface area contributed by atoms with Gasteiger partial charge in [-0.2, -0.15) is 18.4 Å². The summed E-state index contributed by atoms with van der Waals surface area (Å²) in [7, 11) is 0. The van der Waals surface area contributed by atoms with Crippen molar-refractivity contribution < 1.29 is 37.3 Å². The van der Waals surface area contributed by atoms with Crippen LogP contribution >= 0.6 is 0 Å². The van der Waals surface area contributed by atoms with E-state index in [1.807, 2.05) is 6.07 Å². The number of carbonyl (C=O) groups excluding carboxylic acids is 2. The molecule has 11 heteroatoms. The molecule has 37 heavy (non-hydrogen) atoms. The molecule has 0 radical (unpaired) electrons. The molecule has 8 nitrogen and oxygen atoms in total. The standard InChI is InChI=1S/C26H24F3N3O5/c1-25(2,3)37-20(33)11-31-24(35)17-12-32-13-19(15-6-4-14(10-30)5-7-15)36-23-18(26(27,28)29)9-8-16(21(23)32)22(17)34/h4-9,19,34H,11-13H2,1-3H3,(H,31,35). The third kappa shape index (κ3) is 5.33. The molecule has 2 aliphatic rings. The highest BCUT2D eigenvalue weighted by Crippen LogP contribution is 2.51. The molecule has 4 rings (SSSR count). The van der Waals surface area contributed by atoms with Gasteiger partial charge in [0, 0.05) is 5.56 Å². The van der Waals surface area contributed by atoms with Gasteiger partial charge in [0.1, 0.15) is 24.0 Å². The van der Waals surface area contributed by atoms with Crippen LogP contribution in [0.4, 0.5) is 18.9 Å². The van der Waals surface area contributed by atoms with E-state index in [-0.39, 0.29) is 29.9 Å². The Labute approximate surface area is 210 Å². The first-order valence-corrected chi connectivity index (χ1v) is 11.4. The maximum absolute atomic E-state index is 13.9. The number of benzene rings is 2. The van der Waals surface area contributed by atoms with Crippen molar-refractivity contribution in [3.8, 4) is 11.8 Å². The van der Waals surface area contributed by atoms with Crippen LogP contribution in [0.3, 0.4) is 0 Å². The van der Waals surface area contributed by atoms with Crippen LogP contribution in [-0.2, 0) is 20.5 Å². The number of aliphatic hydroxyl groups is 1. The fourth-order valence-corrected chi connectivity index (χ4v) is 4.22. The molecule has 2 aromatic rings. The number of ether oxygens (including phenoxy) is 2. The summed E-state index contributed by atoms with van der Waals surface area (Å²) in [5.41, 5.74) is -0.919. The Hall–Kier alpha value is -4.20. The van der Waals surface area contributed by atoms with Gasteiger partial charge < -0.3 is 24.8 Å². The molecule has 0 fully saturated rings.